The highest BCUT2D eigenvalue weighted by Crippen LogP contribution is 2.36. The molecule has 0 amide bonds. The van der Waals surface area contributed by atoms with Gasteiger partial charge in [0, 0.05) is 0 Å². The van der Waals surface area contributed by atoms with Crippen LogP contribution in [-0.2, 0) is 12.8 Å². The Kier molecular flexibility index (Phi) is 16.2. The van der Waals surface area contributed by atoms with Gasteiger partial charge in [-0.2, -0.15) is 0 Å². The van der Waals surface area contributed by atoms with Gasteiger partial charge in [-0.1, -0.05) is 128 Å². The molecule has 0 aromatic heterocycles. The average molecular weight is 541 g/mol. The molecule has 0 aliphatic carbocycles. The molecule has 0 aliphatic rings. The van der Waals surface area contributed by atoms with E-state index in [9.17, 15) is 20.1 Å². The third kappa shape index (κ3) is 11.9. The second kappa shape index (κ2) is 19.4. The molecule has 0 radical (unpaired) electrons. The van der Waals surface area contributed by atoms with E-state index in [-0.39, 0.29) is 22.8 Å². The van der Waals surface area contributed by atoms with Crippen molar-refractivity contribution in [3.63, 3.8) is 0 Å². The van der Waals surface area contributed by atoms with Gasteiger partial charge in [0.05, 0.1) is 0 Å². The summed E-state index contributed by atoms with van der Waals surface area (Å²) in [5, 5.41) is 31.7. The summed E-state index contributed by atoms with van der Waals surface area (Å²) in [5.74, 6) is -1.52. The maximum atomic E-state index is 12.8. The topological polar surface area (TPSA) is 87.0 Å². The monoisotopic (exact) mass is 540 g/mol. The molecule has 3 N–H and O–H groups in total. The molecule has 0 bridgehead atoms. The molecule has 0 fully saturated rings. The molecule has 0 heterocycles. The first kappa shape index (κ1) is 32.5. The minimum Gasteiger partial charge on any atom is -0.504 e. The van der Waals surface area contributed by atoms with Gasteiger partial charge in [-0.05, 0) is 48.9 Å². The first-order valence-corrected chi connectivity index (χ1v) is 15.6. The molecule has 2 aromatic rings. The van der Waals surface area contributed by atoms with Gasteiger partial charge in [-0.15, -0.1) is 0 Å². The molecule has 2 aromatic carbocycles. The van der Waals surface area contributed by atoms with Crippen LogP contribution >= 0.6 is 0 Å². The van der Waals surface area contributed by atoms with E-state index in [1.807, 2.05) is 6.07 Å². The van der Waals surface area contributed by atoms with Crippen molar-refractivity contribution in [2.75, 3.05) is 0 Å². The van der Waals surface area contributed by atoms with Crippen molar-refractivity contribution in [1.29, 1.82) is 0 Å². The first-order chi connectivity index (χ1) is 19.0. The molecule has 5 nitrogen and oxygen atoms in total. The van der Waals surface area contributed by atoms with Crippen LogP contribution in [0.5, 0.6) is 23.0 Å². The normalized spacial score (nSPS) is 11.1. The van der Waals surface area contributed by atoms with Gasteiger partial charge in [0.25, 0.3) is 0 Å². The Bertz CT molecular complexity index is 968. The highest BCUT2D eigenvalue weighted by molar-refractivity contribution is 5.95. The van der Waals surface area contributed by atoms with Crippen LogP contribution in [0.15, 0.2) is 30.3 Å². The third-order valence-electron chi connectivity index (χ3n) is 7.59. The second-order valence-electron chi connectivity index (χ2n) is 10.9. The largest absolute Gasteiger partial charge is 0.504 e. The van der Waals surface area contributed by atoms with Crippen molar-refractivity contribution in [2.24, 2.45) is 0 Å². The van der Waals surface area contributed by atoms with E-state index in [1.54, 1.807) is 18.2 Å². The maximum absolute atomic E-state index is 12.8. The summed E-state index contributed by atoms with van der Waals surface area (Å²) in [5.41, 5.74) is 1.26. The zero-order valence-electron chi connectivity index (χ0n) is 24.5. The van der Waals surface area contributed by atoms with E-state index in [4.69, 9.17) is 4.74 Å². The number of aryl methyl sites for hydroxylation is 2. The van der Waals surface area contributed by atoms with Gasteiger partial charge in [-0.25, -0.2) is 4.79 Å². The minimum atomic E-state index is -0.809. The van der Waals surface area contributed by atoms with Crippen molar-refractivity contribution in [3.8, 4) is 23.0 Å². The summed E-state index contributed by atoms with van der Waals surface area (Å²) < 4.78 is 5.43. The standard InChI is InChI=1S/C34H52O5/c1-3-5-7-9-11-12-13-15-17-18-21-27-23-20-24-30(31(27)35)39-34(38)29-26-25-28(32(36)33(29)37)22-19-16-14-10-8-6-4-2/h20,23-26,35-37H,3-19,21-22H2,1-2H3. The lowest BCUT2D eigenvalue weighted by Crippen LogP contribution is -2.09. The lowest BCUT2D eigenvalue weighted by molar-refractivity contribution is 0.0725. The number of benzene rings is 2. The number of para-hydroxylation sites is 1. The fourth-order valence-corrected chi connectivity index (χ4v) is 5.07. The Morgan fingerprint density at radius 1 is 0.564 bits per heavy atom. The highest BCUT2D eigenvalue weighted by atomic mass is 16.5. The fraction of sp³-hybridized carbons (Fsp3) is 0.618. The molecule has 0 saturated carbocycles. The number of aromatic hydroxyl groups is 3. The number of hydrogen-bond acceptors (Lipinski definition) is 5. The Hall–Kier alpha value is -2.69. The molecule has 0 unspecified atom stereocenters. The first-order valence-electron chi connectivity index (χ1n) is 15.6. The van der Waals surface area contributed by atoms with Crippen LogP contribution in [0, 0.1) is 0 Å². The molecule has 218 valence electrons. The molecule has 5 heteroatoms. The van der Waals surface area contributed by atoms with Gasteiger partial charge in [-0.3, -0.25) is 0 Å². The van der Waals surface area contributed by atoms with Crippen molar-refractivity contribution in [1.82, 2.24) is 0 Å². The van der Waals surface area contributed by atoms with E-state index < -0.39 is 11.7 Å². The Balaban J connectivity index is 1.81. The van der Waals surface area contributed by atoms with Crippen LogP contribution in [0.1, 0.15) is 144 Å². The summed E-state index contributed by atoms with van der Waals surface area (Å²) in [7, 11) is 0. The fourth-order valence-electron chi connectivity index (χ4n) is 5.07. The quantitative estimate of drug-likeness (QED) is 0.0635. The molecular formula is C34H52O5. The average Bonchev–Trinajstić information content (AvgIpc) is 2.93. The highest BCUT2D eigenvalue weighted by Gasteiger charge is 2.21. The summed E-state index contributed by atoms with van der Waals surface area (Å²) >= 11 is 0. The minimum absolute atomic E-state index is 0.0407. The van der Waals surface area contributed by atoms with Gasteiger partial charge in [0.2, 0.25) is 0 Å². The predicted molar refractivity (Wildman–Crippen MR) is 160 cm³/mol. The molecular weight excluding hydrogens is 488 g/mol. The van der Waals surface area contributed by atoms with Crippen LogP contribution in [0.3, 0.4) is 0 Å². The van der Waals surface area contributed by atoms with Crippen molar-refractivity contribution < 1.29 is 24.9 Å². The molecule has 0 saturated heterocycles. The zero-order chi connectivity index (χ0) is 28.3. The summed E-state index contributed by atoms with van der Waals surface area (Å²) in [4.78, 5) is 12.8. The van der Waals surface area contributed by atoms with Crippen LogP contribution in [0.2, 0.25) is 0 Å². The number of carbonyl (C=O) groups is 1. The summed E-state index contributed by atoms with van der Waals surface area (Å²) in [6, 6.07) is 8.31. The van der Waals surface area contributed by atoms with E-state index >= 15 is 0 Å². The smallest absolute Gasteiger partial charge is 0.347 e. The predicted octanol–water partition coefficient (Wildman–Crippen LogP) is 9.78. The van der Waals surface area contributed by atoms with Crippen molar-refractivity contribution >= 4 is 5.97 Å². The van der Waals surface area contributed by atoms with E-state index in [1.165, 1.54) is 89.5 Å². The molecule has 39 heavy (non-hydrogen) atoms. The number of phenolic OH excluding ortho intramolecular Hbond substituents is 3. The number of esters is 1. The number of unbranched alkanes of at least 4 members (excludes halogenated alkanes) is 15. The molecule has 0 atom stereocenters. The van der Waals surface area contributed by atoms with E-state index in [0.717, 1.165) is 31.2 Å². The number of carbonyl (C=O) groups excluding carboxylic acids is 1. The van der Waals surface area contributed by atoms with Gasteiger partial charge in [0.1, 0.15) is 5.56 Å². The van der Waals surface area contributed by atoms with Gasteiger partial charge in [0.15, 0.2) is 23.0 Å². The lowest BCUT2D eigenvalue weighted by atomic mass is 10.0. The van der Waals surface area contributed by atoms with Gasteiger partial charge >= 0.3 is 5.97 Å². The number of ether oxygens (including phenoxy) is 1. The van der Waals surface area contributed by atoms with Gasteiger partial charge < -0.3 is 20.1 Å². The Morgan fingerprint density at radius 2 is 1.03 bits per heavy atom. The summed E-state index contributed by atoms with van der Waals surface area (Å²) in [6.45, 7) is 4.44. The molecule has 0 aliphatic heterocycles. The molecule has 0 spiro atoms. The van der Waals surface area contributed by atoms with Crippen LogP contribution in [-0.4, -0.2) is 21.3 Å². The van der Waals surface area contributed by atoms with E-state index in [0.29, 0.717) is 18.4 Å². The Morgan fingerprint density at radius 3 is 1.54 bits per heavy atom. The van der Waals surface area contributed by atoms with Crippen molar-refractivity contribution in [2.45, 2.75) is 136 Å². The molecule has 2 rings (SSSR count). The SMILES string of the molecule is CCCCCCCCCCCCc1cccc(OC(=O)c2ccc(CCCCCCCCC)c(O)c2O)c1O. The Labute approximate surface area is 236 Å². The third-order valence-corrected chi connectivity index (χ3v) is 7.59. The summed E-state index contributed by atoms with van der Waals surface area (Å²) in [6.07, 6.45) is 22.0. The number of hydrogen-bond donors (Lipinski definition) is 3. The van der Waals surface area contributed by atoms with E-state index in [2.05, 4.69) is 13.8 Å². The van der Waals surface area contributed by atoms with Crippen LogP contribution in [0.4, 0.5) is 0 Å². The number of phenols is 3. The van der Waals surface area contributed by atoms with Crippen molar-refractivity contribution in [3.05, 3.63) is 47.0 Å². The van der Waals surface area contributed by atoms with Crippen LogP contribution in [0.25, 0.3) is 0 Å². The second-order valence-corrected chi connectivity index (χ2v) is 10.9. The lowest BCUT2D eigenvalue weighted by Gasteiger charge is -2.13. The maximum Gasteiger partial charge on any atom is 0.347 e. The number of rotatable bonds is 21. The zero-order valence-corrected chi connectivity index (χ0v) is 24.5. The van der Waals surface area contributed by atoms with Crippen LogP contribution < -0.4 is 4.74 Å².